The maximum absolute atomic E-state index is 12.4. The summed E-state index contributed by atoms with van der Waals surface area (Å²) in [5.74, 6) is 1.11. The molecule has 1 N–H and O–H groups in total. The van der Waals surface area contributed by atoms with Crippen molar-refractivity contribution in [3.05, 3.63) is 24.1 Å². The molecule has 2 aromatic rings. The number of urea groups is 1. The third kappa shape index (κ3) is 2.85. The first-order chi connectivity index (χ1) is 10.3. The topological polar surface area (TPSA) is 75.4 Å². The van der Waals surface area contributed by atoms with Gasteiger partial charge in [0.2, 0.25) is 0 Å². The highest BCUT2D eigenvalue weighted by Crippen LogP contribution is 2.23. The molecule has 22 heavy (non-hydrogen) atoms. The van der Waals surface area contributed by atoms with E-state index >= 15 is 0 Å². The van der Waals surface area contributed by atoms with Gasteiger partial charge in [0.15, 0.2) is 11.5 Å². The standard InChI is InChI=1S/C15H19N3O3S/c1-10-16-12-5-4-11(8-13(12)21-10)17-14(19)18-6-7-22(20)15(2,3)9-18/h4-5,8H,6-7,9H2,1-3H3,(H,17,19)/t22-/m1/s1. The molecule has 2 amide bonds. The summed E-state index contributed by atoms with van der Waals surface area (Å²) in [4.78, 5) is 18.3. The molecule has 1 atom stereocenters. The van der Waals surface area contributed by atoms with Gasteiger partial charge >= 0.3 is 6.03 Å². The Kier molecular flexibility index (Phi) is 3.68. The van der Waals surface area contributed by atoms with Gasteiger partial charge in [0, 0.05) is 48.3 Å². The van der Waals surface area contributed by atoms with Crippen LogP contribution in [0, 0.1) is 6.92 Å². The molecule has 2 heterocycles. The highest BCUT2D eigenvalue weighted by atomic mass is 32.2. The molecule has 0 aliphatic carbocycles. The zero-order chi connectivity index (χ0) is 15.9. The highest BCUT2D eigenvalue weighted by Gasteiger charge is 2.35. The van der Waals surface area contributed by atoms with E-state index in [2.05, 4.69) is 10.3 Å². The number of carbonyl (C=O) groups excluding carboxylic acids is 1. The number of oxazole rings is 1. The van der Waals surface area contributed by atoms with Gasteiger partial charge in [-0.1, -0.05) is 0 Å². The molecule has 1 aliphatic rings. The van der Waals surface area contributed by atoms with Crippen molar-refractivity contribution in [3.8, 4) is 0 Å². The van der Waals surface area contributed by atoms with Gasteiger partial charge in [0.1, 0.15) is 5.52 Å². The van der Waals surface area contributed by atoms with Crippen LogP contribution in [0.15, 0.2) is 22.6 Å². The Morgan fingerprint density at radius 2 is 2.23 bits per heavy atom. The van der Waals surface area contributed by atoms with E-state index in [1.54, 1.807) is 24.0 Å². The number of carbonyl (C=O) groups is 1. The van der Waals surface area contributed by atoms with E-state index in [1.165, 1.54) is 0 Å². The summed E-state index contributed by atoms with van der Waals surface area (Å²) in [5, 5.41) is 2.87. The normalized spacial score (nSPS) is 21.0. The third-order valence-electron chi connectivity index (χ3n) is 3.77. The molecule has 0 saturated carbocycles. The number of aromatic nitrogens is 1. The smallest absolute Gasteiger partial charge is 0.321 e. The van der Waals surface area contributed by atoms with Crippen molar-refractivity contribution in [2.75, 3.05) is 24.2 Å². The van der Waals surface area contributed by atoms with Gasteiger partial charge in [-0.05, 0) is 26.0 Å². The largest absolute Gasteiger partial charge is 0.441 e. The number of hydrogen-bond acceptors (Lipinski definition) is 4. The lowest BCUT2D eigenvalue weighted by molar-refractivity contribution is 0.207. The fourth-order valence-electron chi connectivity index (χ4n) is 2.57. The lowest BCUT2D eigenvalue weighted by atomic mass is 10.2. The van der Waals surface area contributed by atoms with Crippen molar-refractivity contribution in [3.63, 3.8) is 0 Å². The Morgan fingerprint density at radius 3 is 2.95 bits per heavy atom. The number of benzene rings is 1. The van der Waals surface area contributed by atoms with Crippen molar-refractivity contribution < 1.29 is 13.4 Å². The predicted molar refractivity (Wildman–Crippen MR) is 86.4 cm³/mol. The van der Waals surface area contributed by atoms with Gasteiger partial charge in [-0.25, -0.2) is 9.78 Å². The lowest BCUT2D eigenvalue weighted by Gasteiger charge is -2.37. The molecule has 1 aliphatic heterocycles. The summed E-state index contributed by atoms with van der Waals surface area (Å²) >= 11 is 0. The lowest BCUT2D eigenvalue weighted by Crippen LogP contribution is -2.53. The molecule has 0 unspecified atom stereocenters. The summed E-state index contributed by atoms with van der Waals surface area (Å²) in [6.07, 6.45) is 0. The number of hydrogen-bond donors (Lipinski definition) is 1. The van der Waals surface area contributed by atoms with Crippen LogP contribution in [0.5, 0.6) is 0 Å². The molecule has 0 radical (unpaired) electrons. The second kappa shape index (κ2) is 5.39. The summed E-state index contributed by atoms with van der Waals surface area (Å²) in [6.45, 7) is 6.62. The second-order valence-electron chi connectivity index (χ2n) is 6.08. The molecule has 7 heteroatoms. The number of anilines is 1. The molecular weight excluding hydrogens is 302 g/mol. The highest BCUT2D eigenvalue weighted by molar-refractivity contribution is 7.86. The maximum atomic E-state index is 12.4. The van der Waals surface area contributed by atoms with Crippen molar-refractivity contribution in [1.82, 2.24) is 9.88 Å². The number of nitrogens with zero attached hydrogens (tertiary/aromatic N) is 2. The minimum absolute atomic E-state index is 0.180. The van der Waals surface area contributed by atoms with E-state index in [0.717, 1.165) is 5.52 Å². The number of fused-ring (bicyclic) bond motifs is 1. The predicted octanol–water partition coefficient (Wildman–Crippen LogP) is 2.51. The fourth-order valence-corrected chi connectivity index (χ4v) is 3.81. The quantitative estimate of drug-likeness (QED) is 0.875. The maximum Gasteiger partial charge on any atom is 0.321 e. The van der Waals surface area contributed by atoms with Gasteiger partial charge in [-0.3, -0.25) is 4.21 Å². The molecular formula is C15H19N3O3S. The number of aryl methyl sites for hydroxylation is 1. The van der Waals surface area contributed by atoms with Gasteiger partial charge in [-0.2, -0.15) is 0 Å². The van der Waals surface area contributed by atoms with Crippen LogP contribution >= 0.6 is 0 Å². The Bertz CT molecular complexity index is 754. The molecule has 1 fully saturated rings. The van der Waals surface area contributed by atoms with Crippen LogP contribution in [0.3, 0.4) is 0 Å². The molecule has 0 bridgehead atoms. The number of rotatable bonds is 1. The van der Waals surface area contributed by atoms with Gasteiger partial charge in [-0.15, -0.1) is 0 Å². The summed E-state index contributed by atoms with van der Waals surface area (Å²) in [5.41, 5.74) is 2.08. The van der Waals surface area contributed by atoms with Crippen molar-refractivity contribution >= 4 is 33.6 Å². The number of amides is 2. The van der Waals surface area contributed by atoms with E-state index in [4.69, 9.17) is 4.42 Å². The van der Waals surface area contributed by atoms with Crippen LogP contribution in [0.1, 0.15) is 19.7 Å². The summed E-state index contributed by atoms with van der Waals surface area (Å²) < 4.78 is 17.0. The van der Waals surface area contributed by atoms with Gasteiger partial charge < -0.3 is 14.6 Å². The minimum atomic E-state index is -0.895. The van der Waals surface area contributed by atoms with E-state index in [1.807, 2.05) is 19.9 Å². The number of nitrogens with one attached hydrogen (secondary N) is 1. The molecule has 3 rings (SSSR count). The first-order valence-electron chi connectivity index (χ1n) is 7.17. The zero-order valence-corrected chi connectivity index (χ0v) is 13.7. The summed E-state index contributed by atoms with van der Waals surface area (Å²) in [6, 6.07) is 5.20. The van der Waals surface area contributed by atoms with E-state index < -0.39 is 10.8 Å². The monoisotopic (exact) mass is 321 g/mol. The third-order valence-corrected chi connectivity index (χ3v) is 5.68. The van der Waals surface area contributed by atoms with E-state index in [9.17, 15) is 9.00 Å². The van der Waals surface area contributed by atoms with E-state index in [0.29, 0.717) is 36.0 Å². The average Bonchev–Trinajstić information content (AvgIpc) is 2.81. The van der Waals surface area contributed by atoms with E-state index in [-0.39, 0.29) is 10.8 Å². The first kappa shape index (κ1) is 15.0. The Morgan fingerprint density at radius 1 is 1.45 bits per heavy atom. The Balaban J connectivity index is 1.74. The second-order valence-corrected chi connectivity index (χ2v) is 8.28. The van der Waals surface area contributed by atoms with Gasteiger partial charge in [0.25, 0.3) is 0 Å². The molecule has 1 saturated heterocycles. The molecule has 6 nitrogen and oxygen atoms in total. The van der Waals surface area contributed by atoms with Crippen molar-refractivity contribution in [2.24, 2.45) is 0 Å². The zero-order valence-electron chi connectivity index (χ0n) is 12.9. The Hall–Kier alpha value is -1.89. The molecule has 1 aromatic heterocycles. The molecule has 0 spiro atoms. The molecule has 118 valence electrons. The van der Waals surface area contributed by atoms with Crippen LogP contribution in [-0.2, 0) is 10.8 Å². The van der Waals surface area contributed by atoms with Crippen molar-refractivity contribution in [2.45, 2.75) is 25.5 Å². The minimum Gasteiger partial charge on any atom is -0.441 e. The molecule has 1 aromatic carbocycles. The first-order valence-corrected chi connectivity index (χ1v) is 8.49. The Labute approximate surface area is 131 Å². The van der Waals surface area contributed by atoms with Crippen molar-refractivity contribution in [1.29, 1.82) is 0 Å². The average molecular weight is 321 g/mol. The fraction of sp³-hybridized carbons (Fsp3) is 0.467. The van der Waals surface area contributed by atoms with Crippen LogP contribution in [0.4, 0.5) is 10.5 Å². The van der Waals surface area contributed by atoms with Crippen LogP contribution in [0.25, 0.3) is 11.1 Å². The SMILES string of the molecule is Cc1nc2ccc(NC(=O)N3CC[S@@](=O)C(C)(C)C3)cc2o1. The van der Waals surface area contributed by atoms with Gasteiger partial charge in [0.05, 0.1) is 4.75 Å². The van der Waals surface area contributed by atoms with Crippen LogP contribution in [-0.4, -0.2) is 43.7 Å². The van der Waals surface area contributed by atoms with Crippen LogP contribution < -0.4 is 5.32 Å². The summed E-state index contributed by atoms with van der Waals surface area (Å²) in [7, 11) is -0.895. The van der Waals surface area contributed by atoms with Crippen LogP contribution in [0.2, 0.25) is 0 Å².